The average molecular weight is 446 g/mol. The fourth-order valence-electron chi connectivity index (χ4n) is 3.50. The number of benzene rings is 2. The summed E-state index contributed by atoms with van der Waals surface area (Å²) in [4.78, 5) is 12.6. The molecule has 0 amide bonds. The zero-order chi connectivity index (χ0) is 21.0. The van der Waals surface area contributed by atoms with E-state index in [9.17, 15) is 22.4 Å². The molecule has 2 aromatic carbocycles. The SMILES string of the molecule is O=C(/C=C(\c1cc(Cl)c(F)c(Cl)c1)C(F)(F)F)c1ccc2c(c1)COC21CNC1. The molecule has 0 aliphatic carbocycles. The van der Waals surface area contributed by atoms with Crippen molar-refractivity contribution in [1.29, 1.82) is 0 Å². The van der Waals surface area contributed by atoms with Crippen LogP contribution in [0.2, 0.25) is 10.0 Å². The van der Waals surface area contributed by atoms with Gasteiger partial charge in [0, 0.05) is 18.7 Å². The summed E-state index contributed by atoms with van der Waals surface area (Å²) < 4.78 is 60.1. The summed E-state index contributed by atoms with van der Waals surface area (Å²) in [5.74, 6) is -1.87. The molecule has 9 heteroatoms. The van der Waals surface area contributed by atoms with Crippen molar-refractivity contribution in [3.63, 3.8) is 0 Å². The highest BCUT2D eigenvalue weighted by Gasteiger charge is 2.45. The van der Waals surface area contributed by atoms with Crippen molar-refractivity contribution in [1.82, 2.24) is 5.32 Å². The molecule has 2 heterocycles. The number of carbonyl (C=O) groups is 1. The Balaban J connectivity index is 1.71. The molecule has 1 fully saturated rings. The van der Waals surface area contributed by atoms with Crippen molar-refractivity contribution in [2.75, 3.05) is 13.1 Å². The van der Waals surface area contributed by atoms with Crippen LogP contribution in [0.1, 0.15) is 27.0 Å². The maximum atomic E-state index is 13.6. The summed E-state index contributed by atoms with van der Waals surface area (Å²) in [6.45, 7) is 1.59. The first-order chi connectivity index (χ1) is 13.6. The molecule has 0 aromatic heterocycles. The second-order valence-corrected chi connectivity index (χ2v) is 7.75. The number of fused-ring (bicyclic) bond motifs is 2. The average Bonchev–Trinajstić information content (AvgIpc) is 3.01. The molecule has 2 aliphatic rings. The van der Waals surface area contributed by atoms with E-state index in [0.29, 0.717) is 19.2 Å². The number of ether oxygens (including phenoxy) is 1. The van der Waals surface area contributed by atoms with Gasteiger partial charge >= 0.3 is 6.18 Å². The molecule has 4 rings (SSSR count). The van der Waals surface area contributed by atoms with Gasteiger partial charge in [-0.2, -0.15) is 13.2 Å². The van der Waals surface area contributed by atoms with E-state index < -0.39 is 44.6 Å². The van der Waals surface area contributed by atoms with Gasteiger partial charge in [0.15, 0.2) is 11.6 Å². The van der Waals surface area contributed by atoms with Crippen LogP contribution in [0.5, 0.6) is 0 Å². The van der Waals surface area contributed by atoms with Gasteiger partial charge in [-0.05, 0) is 41.0 Å². The first-order valence-electron chi connectivity index (χ1n) is 8.57. The van der Waals surface area contributed by atoms with E-state index in [2.05, 4.69) is 5.32 Å². The van der Waals surface area contributed by atoms with Crippen LogP contribution in [0.3, 0.4) is 0 Å². The third-order valence-electron chi connectivity index (χ3n) is 5.08. The highest BCUT2D eigenvalue weighted by Crippen LogP contribution is 2.40. The van der Waals surface area contributed by atoms with Gasteiger partial charge in [-0.3, -0.25) is 4.79 Å². The third kappa shape index (κ3) is 3.57. The molecular weight excluding hydrogens is 433 g/mol. The number of ketones is 1. The minimum Gasteiger partial charge on any atom is -0.363 e. The van der Waals surface area contributed by atoms with Gasteiger partial charge in [0.1, 0.15) is 5.60 Å². The second kappa shape index (κ2) is 7.09. The lowest BCUT2D eigenvalue weighted by atomic mass is 9.86. The van der Waals surface area contributed by atoms with Gasteiger partial charge in [-0.15, -0.1) is 0 Å². The van der Waals surface area contributed by atoms with E-state index in [1.165, 1.54) is 6.07 Å². The van der Waals surface area contributed by atoms with E-state index in [1.807, 2.05) is 0 Å². The molecule has 1 N–H and O–H groups in total. The van der Waals surface area contributed by atoms with Crippen LogP contribution in [0.4, 0.5) is 17.6 Å². The number of hydrogen-bond acceptors (Lipinski definition) is 3. The quantitative estimate of drug-likeness (QED) is 0.302. The van der Waals surface area contributed by atoms with E-state index in [1.54, 1.807) is 12.1 Å². The number of halogens is 6. The van der Waals surface area contributed by atoms with Crippen molar-refractivity contribution >= 4 is 34.6 Å². The highest BCUT2D eigenvalue weighted by atomic mass is 35.5. The molecule has 3 nitrogen and oxygen atoms in total. The topological polar surface area (TPSA) is 38.3 Å². The third-order valence-corrected chi connectivity index (χ3v) is 5.63. The Labute approximate surface area is 173 Å². The van der Waals surface area contributed by atoms with Crippen molar-refractivity contribution in [2.24, 2.45) is 0 Å². The molecule has 2 aliphatic heterocycles. The van der Waals surface area contributed by atoms with E-state index >= 15 is 0 Å². The van der Waals surface area contributed by atoms with Crippen LogP contribution in [0, 0.1) is 5.82 Å². The Bertz CT molecular complexity index is 1020. The monoisotopic (exact) mass is 445 g/mol. The smallest absolute Gasteiger partial charge is 0.363 e. The summed E-state index contributed by atoms with van der Waals surface area (Å²) in [6.07, 6.45) is -4.40. The maximum Gasteiger partial charge on any atom is 0.417 e. The van der Waals surface area contributed by atoms with Gasteiger partial charge in [-0.1, -0.05) is 35.3 Å². The first-order valence-corrected chi connectivity index (χ1v) is 9.32. The predicted molar refractivity (Wildman–Crippen MR) is 101 cm³/mol. The van der Waals surface area contributed by atoms with Gasteiger partial charge in [0.05, 0.1) is 22.2 Å². The van der Waals surface area contributed by atoms with Crippen LogP contribution in [0.15, 0.2) is 36.4 Å². The van der Waals surface area contributed by atoms with Gasteiger partial charge in [0.25, 0.3) is 0 Å². The van der Waals surface area contributed by atoms with Crippen LogP contribution < -0.4 is 5.32 Å². The Morgan fingerprint density at radius 2 is 1.76 bits per heavy atom. The second-order valence-electron chi connectivity index (χ2n) is 6.93. The fourth-order valence-corrected chi connectivity index (χ4v) is 3.99. The van der Waals surface area contributed by atoms with Crippen molar-refractivity contribution in [3.05, 3.63) is 74.5 Å². The standard InChI is InChI=1S/C20H13Cl2F4NO2/c21-15-4-11(5-16(22)18(15)23)14(20(24,25)26)6-17(28)10-1-2-13-12(3-10)7-29-19(13)8-27-9-19/h1-6,27H,7-9H2/b14-6+. The molecule has 152 valence electrons. The zero-order valence-electron chi connectivity index (χ0n) is 14.7. The molecule has 0 saturated carbocycles. The summed E-state index contributed by atoms with van der Waals surface area (Å²) >= 11 is 11.2. The summed E-state index contributed by atoms with van der Waals surface area (Å²) in [6, 6.07) is 6.31. The van der Waals surface area contributed by atoms with Crippen LogP contribution in [-0.4, -0.2) is 25.0 Å². The molecule has 1 saturated heterocycles. The highest BCUT2D eigenvalue weighted by molar-refractivity contribution is 6.35. The Morgan fingerprint density at radius 3 is 2.31 bits per heavy atom. The Morgan fingerprint density at radius 1 is 1.10 bits per heavy atom. The van der Waals surface area contributed by atoms with Crippen LogP contribution in [-0.2, 0) is 16.9 Å². The van der Waals surface area contributed by atoms with Crippen molar-refractivity contribution in [2.45, 2.75) is 18.4 Å². The molecule has 0 unspecified atom stereocenters. The lowest BCUT2D eigenvalue weighted by Crippen LogP contribution is -2.56. The number of carbonyl (C=O) groups excluding carboxylic acids is 1. The summed E-state index contributed by atoms with van der Waals surface area (Å²) in [5, 5.41) is 1.99. The maximum absolute atomic E-state index is 13.6. The summed E-state index contributed by atoms with van der Waals surface area (Å²) in [7, 11) is 0. The number of alkyl halides is 3. The largest absolute Gasteiger partial charge is 0.417 e. The number of allylic oxidation sites excluding steroid dienone is 2. The van der Waals surface area contributed by atoms with Gasteiger partial charge in [-0.25, -0.2) is 4.39 Å². The molecule has 2 aromatic rings. The predicted octanol–water partition coefficient (Wildman–Crippen LogP) is 5.29. The number of rotatable bonds is 3. The van der Waals surface area contributed by atoms with Crippen molar-refractivity contribution in [3.8, 4) is 0 Å². The molecule has 29 heavy (non-hydrogen) atoms. The Hall–Kier alpha value is -1.93. The van der Waals surface area contributed by atoms with E-state index in [4.69, 9.17) is 27.9 Å². The lowest BCUT2D eigenvalue weighted by Gasteiger charge is -2.39. The van der Waals surface area contributed by atoms with E-state index in [-0.39, 0.29) is 12.2 Å². The zero-order valence-corrected chi connectivity index (χ0v) is 16.2. The number of nitrogens with one attached hydrogen (secondary N) is 1. The van der Waals surface area contributed by atoms with Gasteiger partial charge in [0.2, 0.25) is 0 Å². The minimum absolute atomic E-state index is 0.0951. The fraction of sp³-hybridized carbons (Fsp3) is 0.250. The lowest BCUT2D eigenvalue weighted by molar-refractivity contribution is -0.0746. The molecule has 0 atom stereocenters. The molecule has 0 radical (unpaired) electrons. The van der Waals surface area contributed by atoms with Crippen LogP contribution >= 0.6 is 23.2 Å². The number of hydrogen-bond donors (Lipinski definition) is 1. The van der Waals surface area contributed by atoms with Gasteiger partial charge < -0.3 is 10.1 Å². The van der Waals surface area contributed by atoms with Crippen molar-refractivity contribution < 1.29 is 27.1 Å². The molecular formula is C20H13Cl2F4NO2. The molecule has 0 bridgehead atoms. The Kier molecular flexibility index (Phi) is 4.98. The minimum atomic E-state index is -4.87. The summed E-state index contributed by atoms with van der Waals surface area (Å²) in [5.41, 5.74) is -0.366. The first kappa shape index (κ1) is 20.3. The normalized spacial score (nSPS) is 17.9. The van der Waals surface area contributed by atoms with Crippen LogP contribution in [0.25, 0.3) is 5.57 Å². The van der Waals surface area contributed by atoms with E-state index in [0.717, 1.165) is 23.3 Å². The molecule has 1 spiro atoms.